The van der Waals surface area contributed by atoms with Crippen LogP contribution in [0, 0.1) is 24.4 Å². The number of methoxy groups -OCH3 is 2. The third-order valence-electron chi connectivity index (χ3n) is 3.94. The minimum atomic E-state index is -4.99. The van der Waals surface area contributed by atoms with Gasteiger partial charge in [0.2, 0.25) is 0 Å². The van der Waals surface area contributed by atoms with Crippen LogP contribution < -0.4 is 10.1 Å². The molecule has 12 heteroatoms. The van der Waals surface area contributed by atoms with Crippen LogP contribution in [0.5, 0.6) is 11.5 Å². The number of aryl methyl sites for hydroxylation is 1. The molecular formula is C20H15F6NO5. The highest BCUT2D eigenvalue weighted by molar-refractivity contribution is 5.98. The fraction of sp³-hybridized carbons (Fsp3) is 0.200. The zero-order valence-corrected chi connectivity index (χ0v) is 16.7. The molecule has 0 amide bonds. The zero-order valence-electron chi connectivity index (χ0n) is 16.7. The van der Waals surface area contributed by atoms with Gasteiger partial charge in [-0.05, 0) is 30.7 Å². The summed E-state index contributed by atoms with van der Waals surface area (Å²) in [6.45, 7) is 1.30. The van der Waals surface area contributed by atoms with Crippen LogP contribution in [0.25, 0.3) is 0 Å². The first-order valence-electron chi connectivity index (χ1n) is 8.56. The Bertz CT molecular complexity index is 1060. The molecule has 2 aromatic carbocycles. The molecule has 0 atom stereocenters. The molecule has 0 aliphatic heterocycles. The minimum absolute atomic E-state index is 0.0170. The van der Waals surface area contributed by atoms with Crippen LogP contribution in [-0.4, -0.2) is 26.2 Å². The first kappa shape index (κ1) is 24.6. The molecule has 0 fully saturated rings. The fourth-order valence-electron chi connectivity index (χ4n) is 2.37. The van der Waals surface area contributed by atoms with Crippen molar-refractivity contribution in [2.45, 2.75) is 13.1 Å². The molecular weight excluding hydrogens is 448 g/mol. The molecule has 6 nitrogen and oxygen atoms in total. The molecule has 0 aliphatic rings. The summed E-state index contributed by atoms with van der Waals surface area (Å²) in [5, 5.41) is 2.27. The molecule has 0 radical (unpaired) electrons. The van der Waals surface area contributed by atoms with Gasteiger partial charge < -0.3 is 19.5 Å². The lowest BCUT2D eigenvalue weighted by molar-refractivity contribution is -0.138. The average Bonchev–Trinajstić information content (AvgIpc) is 2.71. The topological polar surface area (TPSA) is 73.9 Å². The number of benzene rings is 2. The molecule has 0 heterocycles. The van der Waals surface area contributed by atoms with E-state index in [4.69, 9.17) is 4.74 Å². The zero-order chi connectivity index (χ0) is 24.2. The number of esters is 2. The lowest BCUT2D eigenvalue weighted by atomic mass is 10.1. The van der Waals surface area contributed by atoms with Crippen LogP contribution in [0.2, 0.25) is 0 Å². The molecule has 2 rings (SSSR count). The summed E-state index contributed by atoms with van der Waals surface area (Å²) < 4.78 is 94.6. The Balaban J connectivity index is 2.46. The molecule has 2 aromatic rings. The van der Waals surface area contributed by atoms with Crippen LogP contribution in [-0.2, 0) is 25.2 Å². The predicted molar refractivity (Wildman–Crippen MR) is 98.3 cm³/mol. The molecule has 0 unspecified atom stereocenters. The van der Waals surface area contributed by atoms with Crippen molar-refractivity contribution >= 4 is 17.6 Å². The molecule has 0 aliphatic carbocycles. The maximum Gasteiger partial charge on any atom is 0.416 e. The van der Waals surface area contributed by atoms with Gasteiger partial charge >= 0.3 is 18.1 Å². The van der Waals surface area contributed by atoms with Crippen molar-refractivity contribution in [3.05, 3.63) is 64.6 Å². The lowest BCUT2D eigenvalue weighted by Gasteiger charge is -2.16. The summed E-state index contributed by atoms with van der Waals surface area (Å²) in [7, 11) is 2.02. The molecule has 32 heavy (non-hydrogen) atoms. The molecule has 0 saturated carbocycles. The molecule has 1 N–H and O–H groups in total. The van der Waals surface area contributed by atoms with E-state index in [1.54, 1.807) is 0 Å². The largest absolute Gasteiger partial charge is 0.466 e. The summed E-state index contributed by atoms with van der Waals surface area (Å²) in [4.78, 5) is 23.2. The van der Waals surface area contributed by atoms with Gasteiger partial charge in [0.1, 0.15) is 17.3 Å². The van der Waals surface area contributed by atoms with E-state index in [-0.39, 0.29) is 23.4 Å². The van der Waals surface area contributed by atoms with Gasteiger partial charge in [-0.3, -0.25) is 0 Å². The Morgan fingerprint density at radius 2 is 1.53 bits per heavy atom. The first-order chi connectivity index (χ1) is 14.9. The maximum absolute atomic E-state index is 14.4. The minimum Gasteiger partial charge on any atom is -0.466 e. The highest BCUT2D eigenvalue weighted by Crippen LogP contribution is 2.37. The van der Waals surface area contributed by atoms with Crippen LogP contribution >= 0.6 is 0 Å². The van der Waals surface area contributed by atoms with Gasteiger partial charge in [0.25, 0.3) is 0 Å². The van der Waals surface area contributed by atoms with Crippen molar-refractivity contribution in [3.8, 4) is 11.5 Å². The van der Waals surface area contributed by atoms with E-state index in [1.807, 2.05) is 0 Å². The number of nitrogens with one attached hydrogen (secondary N) is 1. The predicted octanol–water partition coefficient (Wildman–Crippen LogP) is 4.87. The SMILES string of the molecule is COC(=O)/C=C(/Nc1cc(Oc2c(F)cc(C(F)(F)F)cc2F)c(C)cc1F)C(=O)OC. The van der Waals surface area contributed by atoms with Gasteiger partial charge in [0, 0.05) is 6.07 Å². The van der Waals surface area contributed by atoms with Crippen LogP contribution in [0.3, 0.4) is 0 Å². The van der Waals surface area contributed by atoms with Gasteiger partial charge in [0.15, 0.2) is 17.4 Å². The van der Waals surface area contributed by atoms with E-state index in [0.717, 1.165) is 26.4 Å². The lowest BCUT2D eigenvalue weighted by Crippen LogP contribution is -2.16. The first-order valence-corrected chi connectivity index (χ1v) is 8.56. The number of ether oxygens (including phenoxy) is 3. The third kappa shape index (κ3) is 5.71. The van der Waals surface area contributed by atoms with Crippen molar-refractivity contribution in [2.24, 2.45) is 0 Å². The molecule has 0 bridgehead atoms. The van der Waals surface area contributed by atoms with Crippen molar-refractivity contribution in [2.75, 3.05) is 19.5 Å². The van der Waals surface area contributed by atoms with E-state index in [1.165, 1.54) is 6.92 Å². The van der Waals surface area contributed by atoms with Crippen LogP contribution in [0.15, 0.2) is 36.0 Å². The number of rotatable bonds is 6. The van der Waals surface area contributed by atoms with Gasteiger partial charge in [-0.1, -0.05) is 0 Å². The summed E-state index contributed by atoms with van der Waals surface area (Å²) in [5.41, 5.74) is -2.56. The highest BCUT2D eigenvalue weighted by atomic mass is 19.4. The van der Waals surface area contributed by atoms with Crippen molar-refractivity contribution < 1.29 is 50.1 Å². The molecule has 172 valence electrons. The number of carbonyl (C=O) groups is 2. The van der Waals surface area contributed by atoms with Crippen molar-refractivity contribution in [1.82, 2.24) is 0 Å². The molecule has 0 spiro atoms. The van der Waals surface area contributed by atoms with Crippen LogP contribution in [0.4, 0.5) is 32.0 Å². The van der Waals surface area contributed by atoms with Gasteiger partial charge in [-0.25, -0.2) is 22.8 Å². The van der Waals surface area contributed by atoms with E-state index < -0.39 is 58.3 Å². The Labute approximate surface area is 177 Å². The number of alkyl halides is 3. The van der Waals surface area contributed by atoms with E-state index in [0.29, 0.717) is 6.08 Å². The smallest absolute Gasteiger partial charge is 0.416 e. The van der Waals surface area contributed by atoms with Gasteiger partial charge in [-0.15, -0.1) is 0 Å². The normalized spacial score (nSPS) is 11.7. The second-order valence-corrected chi connectivity index (χ2v) is 6.16. The van der Waals surface area contributed by atoms with Gasteiger partial charge in [-0.2, -0.15) is 13.2 Å². The van der Waals surface area contributed by atoms with E-state index in [9.17, 15) is 35.9 Å². The van der Waals surface area contributed by atoms with Crippen molar-refractivity contribution in [3.63, 3.8) is 0 Å². The van der Waals surface area contributed by atoms with E-state index >= 15 is 0 Å². The highest BCUT2D eigenvalue weighted by Gasteiger charge is 2.33. The Morgan fingerprint density at radius 3 is 2.03 bits per heavy atom. The Hall–Kier alpha value is -3.70. The summed E-state index contributed by atoms with van der Waals surface area (Å²) in [6.07, 6.45) is -4.32. The quantitative estimate of drug-likeness (QED) is 0.375. The summed E-state index contributed by atoms with van der Waals surface area (Å²) in [6, 6.07) is 1.84. The van der Waals surface area contributed by atoms with Gasteiger partial charge in [0.05, 0.1) is 31.5 Å². The molecule has 0 aromatic heterocycles. The third-order valence-corrected chi connectivity index (χ3v) is 3.94. The number of anilines is 1. The second kappa shape index (κ2) is 9.62. The van der Waals surface area contributed by atoms with E-state index in [2.05, 4.69) is 14.8 Å². The standard InChI is InChI=1S/C20H15F6NO5/c1-9-4-11(21)14(27-15(19(29)31-3)8-17(28)30-2)7-16(9)32-18-12(22)5-10(6-13(18)23)20(24,25)26/h4-8,27H,1-3H3/b15-8+. The monoisotopic (exact) mass is 463 g/mol. The number of halogens is 6. The number of carbonyl (C=O) groups excluding carboxylic acids is 2. The number of hydrogen-bond acceptors (Lipinski definition) is 6. The average molecular weight is 463 g/mol. The maximum atomic E-state index is 14.4. The second-order valence-electron chi connectivity index (χ2n) is 6.16. The Kier molecular flexibility index (Phi) is 7.39. The Morgan fingerprint density at radius 1 is 0.938 bits per heavy atom. The molecule has 0 saturated heterocycles. The van der Waals surface area contributed by atoms with Crippen molar-refractivity contribution in [1.29, 1.82) is 0 Å². The summed E-state index contributed by atoms with van der Waals surface area (Å²) in [5.74, 6) is -7.80. The number of hydrogen-bond donors (Lipinski definition) is 1. The summed E-state index contributed by atoms with van der Waals surface area (Å²) >= 11 is 0. The van der Waals surface area contributed by atoms with Crippen LogP contribution in [0.1, 0.15) is 11.1 Å². The fourth-order valence-corrected chi connectivity index (χ4v) is 2.37.